The number of aliphatic imine (C=N–C) groups is 1. The van der Waals surface area contributed by atoms with Crippen LogP contribution in [-0.2, 0) is 4.79 Å². The van der Waals surface area contributed by atoms with Crippen molar-refractivity contribution in [1.29, 1.82) is 0 Å². The van der Waals surface area contributed by atoms with Crippen molar-refractivity contribution in [2.24, 2.45) is 10.9 Å². The van der Waals surface area contributed by atoms with Crippen LogP contribution in [0.2, 0.25) is 0 Å². The quantitative estimate of drug-likeness (QED) is 0.748. The molecule has 1 saturated carbocycles. The number of hydrogen-bond donors (Lipinski definition) is 0. The fourth-order valence-electron chi connectivity index (χ4n) is 5.92. The first kappa shape index (κ1) is 19.5. The fraction of sp³-hybridized carbons (Fsp3) is 0.500. The molecule has 0 N–H and O–H groups in total. The molecule has 8 heteroatoms. The average molecular weight is 433 g/mol. The summed E-state index contributed by atoms with van der Waals surface area (Å²) in [4.78, 5) is 37.0. The third-order valence-electron chi connectivity index (χ3n) is 7.40. The molecule has 1 saturated heterocycles. The predicted molar refractivity (Wildman–Crippen MR) is 121 cm³/mol. The summed E-state index contributed by atoms with van der Waals surface area (Å²) >= 11 is 0. The van der Waals surface area contributed by atoms with Crippen LogP contribution < -0.4 is 4.90 Å². The van der Waals surface area contributed by atoms with Crippen molar-refractivity contribution < 1.29 is 9.59 Å². The van der Waals surface area contributed by atoms with Gasteiger partial charge in [-0.05, 0) is 43.7 Å². The number of rotatable bonds is 3. The Labute approximate surface area is 187 Å². The Morgan fingerprint density at radius 1 is 1.03 bits per heavy atom. The smallest absolute Gasteiger partial charge is 0.331 e. The minimum atomic E-state index is -0.183. The number of benzene rings is 1. The lowest BCUT2D eigenvalue weighted by atomic mass is 9.78. The highest BCUT2D eigenvalue weighted by atomic mass is 16.2. The normalized spacial score (nSPS) is 24.7. The van der Waals surface area contributed by atoms with E-state index in [0.717, 1.165) is 30.6 Å². The summed E-state index contributed by atoms with van der Waals surface area (Å²) in [5.41, 5.74) is 1.67. The molecule has 0 spiro atoms. The summed E-state index contributed by atoms with van der Waals surface area (Å²) in [6.45, 7) is 1.96. The van der Waals surface area contributed by atoms with Gasteiger partial charge in [0.1, 0.15) is 12.4 Å². The van der Waals surface area contributed by atoms with Gasteiger partial charge in [-0.2, -0.15) is 5.10 Å². The maximum atomic E-state index is 13.6. The van der Waals surface area contributed by atoms with E-state index >= 15 is 0 Å². The van der Waals surface area contributed by atoms with E-state index in [9.17, 15) is 9.59 Å². The van der Waals surface area contributed by atoms with E-state index in [1.807, 2.05) is 30.3 Å². The molecule has 8 nitrogen and oxygen atoms in total. The molecular formula is C24H28N6O2. The number of hydrogen-bond acceptors (Lipinski definition) is 4. The number of fused-ring (bicyclic) bond motifs is 4. The highest BCUT2D eigenvalue weighted by Crippen LogP contribution is 2.37. The molecule has 1 aromatic carbocycles. The van der Waals surface area contributed by atoms with Crippen LogP contribution >= 0.6 is 0 Å². The zero-order chi connectivity index (χ0) is 21.7. The fourth-order valence-corrected chi connectivity index (χ4v) is 5.92. The summed E-state index contributed by atoms with van der Waals surface area (Å²) in [6.07, 6.45) is 8.79. The van der Waals surface area contributed by atoms with E-state index in [2.05, 4.69) is 15.0 Å². The maximum absolute atomic E-state index is 13.6. The Morgan fingerprint density at radius 2 is 1.84 bits per heavy atom. The van der Waals surface area contributed by atoms with Crippen LogP contribution in [0.5, 0.6) is 0 Å². The maximum Gasteiger partial charge on any atom is 0.331 e. The number of urea groups is 1. The molecule has 1 aromatic heterocycles. The van der Waals surface area contributed by atoms with Gasteiger partial charge in [-0.15, -0.1) is 0 Å². The van der Waals surface area contributed by atoms with Gasteiger partial charge in [0.25, 0.3) is 0 Å². The lowest BCUT2D eigenvalue weighted by molar-refractivity contribution is -0.135. The summed E-state index contributed by atoms with van der Waals surface area (Å²) in [6, 6.07) is 9.89. The molecule has 3 aliphatic heterocycles. The van der Waals surface area contributed by atoms with E-state index < -0.39 is 0 Å². The molecule has 0 bridgehead atoms. The van der Waals surface area contributed by atoms with Gasteiger partial charge in [0.05, 0.1) is 24.0 Å². The second-order valence-corrected chi connectivity index (χ2v) is 9.20. The van der Waals surface area contributed by atoms with Crippen molar-refractivity contribution in [1.82, 2.24) is 19.6 Å². The molecule has 2 atom stereocenters. The van der Waals surface area contributed by atoms with Crippen molar-refractivity contribution in [3.05, 3.63) is 42.1 Å². The van der Waals surface area contributed by atoms with Gasteiger partial charge >= 0.3 is 6.03 Å². The monoisotopic (exact) mass is 432 g/mol. The minimum Gasteiger partial charge on any atom is -0.338 e. The summed E-state index contributed by atoms with van der Waals surface area (Å²) in [5, 5.41) is 4.59. The van der Waals surface area contributed by atoms with Gasteiger partial charge in [-0.1, -0.05) is 31.0 Å². The zero-order valence-electron chi connectivity index (χ0n) is 18.2. The Morgan fingerprint density at radius 3 is 2.72 bits per heavy atom. The molecule has 2 aromatic rings. The Kier molecular flexibility index (Phi) is 4.73. The first-order valence-corrected chi connectivity index (χ1v) is 11.8. The van der Waals surface area contributed by atoms with E-state index in [-0.39, 0.29) is 18.5 Å². The van der Waals surface area contributed by atoms with Crippen molar-refractivity contribution in [3.63, 3.8) is 0 Å². The Bertz CT molecular complexity index is 1080. The molecule has 4 heterocycles. The lowest BCUT2D eigenvalue weighted by Crippen LogP contribution is -2.56. The molecule has 3 amide bonds. The topological polar surface area (TPSA) is 74.0 Å². The summed E-state index contributed by atoms with van der Waals surface area (Å²) in [5.74, 6) is 1.97. The number of nitrogens with zero attached hydrogens (tertiary/aromatic N) is 6. The first-order chi connectivity index (χ1) is 15.7. The third kappa shape index (κ3) is 3.04. The number of amides is 3. The molecule has 2 unspecified atom stereocenters. The van der Waals surface area contributed by atoms with Gasteiger partial charge < -0.3 is 4.90 Å². The van der Waals surface area contributed by atoms with Crippen LogP contribution in [0.3, 0.4) is 0 Å². The molecule has 1 aliphatic carbocycles. The van der Waals surface area contributed by atoms with Gasteiger partial charge in [-0.3, -0.25) is 19.6 Å². The lowest BCUT2D eigenvalue weighted by Gasteiger charge is -2.45. The van der Waals surface area contributed by atoms with Crippen LogP contribution in [0.15, 0.2) is 41.5 Å². The van der Waals surface area contributed by atoms with E-state index in [4.69, 9.17) is 0 Å². The standard InChI is InChI=1S/C24H28N6O2/c31-21(27-13-6-8-17-7-4-5-11-20(17)27)16-29-23-19(22-25-12-14-28(22)24(29)32)15-26-30(23)18-9-2-1-3-10-18/h1-3,9-10,15,17,20H,4-8,11-14,16H2. The molecule has 0 radical (unpaired) electrons. The van der Waals surface area contributed by atoms with Gasteiger partial charge in [0, 0.05) is 19.1 Å². The van der Waals surface area contributed by atoms with Gasteiger partial charge in [0.2, 0.25) is 5.91 Å². The molecule has 6 rings (SSSR count). The summed E-state index contributed by atoms with van der Waals surface area (Å²) < 4.78 is 1.76. The molecule has 2 fully saturated rings. The van der Waals surface area contributed by atoms with E-state index in [1.54, 1.807) is 20.7 Å². The van der Waals surface area contributed by atoms with Crippen molar-refractivity contribution in [2.75, 3.05) is 31.1 Å². The molecular weight excluding hydrogens is 404 g/mol. The highest BCUT2D eigenvalue weighted by Gasteiger charge is 2.43. The number of anilines is 1. The predicted octanol–water partition coefficient (Wildman–Crippen LogP) is 3.06. The van der Waals surface area contributed by atoms with E-state index in [0.29, 0.717) is 36.7 Å². The second kappa shape index (κ2) is 7.76. The van der Waals surface area contributed by atoms with Crippen molar-refractivity contribution in [3.8, 4) is 5.69 Å². The van der Waals surface area contributed by atoms with Crippen molar-refractivity contribution >= 4 is 23.6 Å². The van der Waals surface area contributed by atoms with Gasteiger partial charge in [-0.25, -0.2) is 9.48 Å². The second-order valence-electron chi connectivity index (χ2n) is 9.20. The molecule has 32 heavy (non-hydrogen) atoms. The molecule has 4 aliphatic rings. The van der Waals surface area contributed by atoms with Crippen LogP contribution in [0.4, 0.5) is 10.6 Å². The zero-order valence-corrected chi connectivity index (χ0v) is 18.2. The first-order valence-electron chi connectivity index (χ1n) is 11.8. The summed E-state index contributed by atoms with van der Waals surface area (Å²) in [7, 11) is 0. The highest BCUT2D eigenvalue weighted by molar-refractivity contribution is 6.20. The van der Waals surface area contributed by atoms with Gasteiger partial charge in [0.15, 0.2) is 5.82 Å². The molecule has 166 valence electrons. The number of likely N-dealkylation sites (tertiary alicyclic amines) is 1. The number of piperidine rings is 1. The third-order valence-corrected chi connectivity index (χ3v) is 7.40. The number of para-hydroxylation sites is 1. The van der Waals surface area contributed by atoms with Crippen LogP contribution in [0, 0.1) is 5.92 Å². The minimum absolute atomic E-state index is 0.0390. The number of amidine groups is 1. The SMILES string of the molecule is O=C1N2CCN=C2c2cnn(-c3ccccc3)c2N1CC(=O)N1CCCC2CCCCC21. The van der Waals surface area contributed by atoms with Crippen molar-refractivity contribution in [2.45, 2.75) is 44.6 Å². The number of carbonyl (C=O) groups is 2. The number of aromatic nitrogens is 2. The van der Waals surface area contributed by atoms with E-state index in [1.165, 1.54) is 25.7 Å². The average Bonchev–Trinajstić information content (AvgIpc) is 3.49. The van der Waals surface area contributed by atoms with Crippen LogP contribution in [0.25, 0.3) is 5.69 Å². The van der Waals surface area contributed by atoms with Crippen LogP contribution in [0.1, 0.15) is 44.1 Å². The Hall–Kier alpha value is -3.16. The largest absolute Gasteiger partial charge is 0.338 e. The van der Waals surface area contributed by atoms with Crippen LogP contribution in [-0.4, -0.2) is 69.6 Å². The Balaban J connectivity index is 1.36. The number of carbonyl (C=O) groups excluding carboxylic acids is 2.